The molecule has 3 nitrogen and oxygen atoms in total. The lowest BCUT2D eigenvalue weighted by molar-refractivity contribution is -0.155. The molecule has 2 N–H and O–H groups in total. The predicted octanol–water partition coefficient (Wildman–Crippen LogP) is 3.22. The molecule has 0 aliphatic heterocycles. The molecular weight excluding hydrogens is 358 g/mol. The molecule has 0 bridgehead atoms. The Morgan fingerprint density at radius 1 is 1.09 bits per heavy atom. The number of aliphatic hydroxyl groups is 1. The number of benzene rings is 2. The van der Waals surface area contributed by atoms with Crippen LogP contribution in [0.1, 0.15) is 16.7 Å². The maximum absolute atomic E-state index is 13.4. The molecule has 0 saturated carbocycles. The second-order valence-electron chi connectivity index (χ2n) is 4.76. The first-order chi connectivity index (χ1) is 10.4. The van der Waals surface area contributed by atoms with Crippen molar-refractivity contribution in [3.63, 3.8) is 0 Å². The monoisotopic (exact) mass is 370 g/mol. The second kappa shape index (κ2) is 6.54. The van der Waals surface area contributed by atoms with Gasteiger partial charge in [-0.3, -0.25) is 0 Å². The molecule has 0 amide bonds. The zero-order chi connectivity index (χ0) is 16.3. The molecule has 6 heteroatoms. The fourth-order valence-electron chi connectivity index (χ4n) is 2.31. The van der Waals surface area contributed by atoms with Crippen molar-refractivity contribution in [2.24, 2.45) is 0 Å². The van der Waals surface area contributed by atoms with Gasteiger partial charge in [-0.05, 0) is 41.8 Å². The van der Waals surface area contributed by atoms with E-state index in [0.29, 0.717) is 17.3 Å². The molecule has 0 saturated heterocycles. The maximum atomic E-state index is 13.4. The summed E-state index contributed by atoms with van der Waals surface area (Å²) in [6.45, 7) is 0. The Balaban J connectivity index is 2.66. The summed E-state index contributed by atoms with van der Waals surface area (Å²) < 4.78 is 26.5. The van der Waals surface area contributed by atoms with E-state index in [1.807, 2.05) is 0 Å². The molecular formula is C16H13BrF2O3. The minimum atomic E-state index is -2.38. The van der Waals surface area contributed by atoms with Gasteiger partial charge in [0, 0.05) is 10.9 Å². The van der Waals surface area contributed by atoms with Crippen LogP contribution in [0, 0.1) is 11.6 Å². The topological polar surface area (TPSA) is 57.5 Å². The third kappa shape index (κ3) is 3.03. The van der Waals surface area contributed by atoms with E-state index in [-0.39, 0.29) is 11.1 Å². The van der Waals surface area contributed by atoms with E-state index in [1.54, 1.807) is 0 Å². The van der Waals surface area contributed by atoms with E-state index in [4.69, 9.17) is 0 Å². The molecule has 22 heavy (non-hydrogen) atoms. The standard InChI is InChI=1S/C16H13BrF2O3/c17-8-7-10-9-13(19)5-6-14(10)16(22,15(20)21)11-1-3-12(18)4-2-11/h1-6,9,22H,7-8H2,(H,20,21). The number of carboxylic acid groups (broad SMARTS) is 1. The number of halogens is 3. The molecule has 1 unspecified atom stereocenters. The highest BCUT2D eigenvalue weighted by Gasteiger charge is 2.41. The number of hydrogen-bond donors (Lipinski definition) is 2. The van der Waals surface area contributed by atoms with Gasteiger partial charge in [0.15, 0.2) is 0 Å². The Labute approximate surface area is 134 Å². The van der Waals surface area contributed by atoms with E-state index in [2.05, 4.69) is 15.9 Å². The highest BCUT2D eigenvalue weighted by atomic mass is 79.9. The second-order valence-corrected chi connectivity index (χ2v) is 5.56. The highest BCUT2D eigenvalue weighted by molar-refractivity contribution is 9.09. The summed E-state index contributed by atoms with van der Waals surface area (Å²) in [5, 5.41) is 20.8. The summed E-state index contributed by atoms with van der Waals surface area (Å²) in [5.41, 5.74) is -1.94. The minimum absolute atomic E-state index is 0.00355. The Morgan fingerprint density at radius 2 is 1.68 bits per heavy atom. The molecule has 0 aromatic heterocycles. The average molecular weight is 371 g/mol. The van der Waals surface area contributed by atoms with Gasteiger partial charge in [0.2, 0.25) is 5.60 Å². The Hall–Kier alpha value is -1.79. The molecule has 0 spiro atoms. The minimum Gasteiger partial charge on any atom is -0.479 e. The molecule has 116 valence electrons. The third-order valence-corrected chi connectivity index (χ3v) is 3.79. The number of alkyl halides is 1. The average Bonchev–Trinajstić information content (AvgIpc) is 2.47. The lowest BCUT2D eigenvalue weighted by Crippen LogP contribution is -2.38. The fraction of sp³-hybridized carbons (Fsp3) is 0.188. The van der Waals surface area contributed by atoms with E-state index in [9.17, 15) is 23.8 Å². The van der Waals surface area contributed by atoms with E-state index in [1.165, 1.54) is 24.3 Å². The quantitative estimate of drug-likeness (QED) is 0.794. The van der Waals surface area contributed by atoms with Crippen LogP contribution < -0.4 is 0 Å². The highest BCUT2D eigenvalue weighted by Crippen LogP contribution is 2.33. The van der Waals surface area contributed by atoms with Crippen LogP contribution in [0.4, 0.5) is 8.78 Å². The summed E-state index contributed by atoms with van der Waals surface area (Å²) in [4.78, 5) is 11.7. The number of aryl methyl sites for hydroxylation is 1. The van der Waals surface area contributed by atoms with Crippen molar-refractivity contribution in [3.05, 3.63) is 70.8 Å². The van der Waals surface area contributed by atoms with Crippen molar-refractivity contribution in [1.29, 1.82) is 0 Å². The summed E-state index contributed by atoms with van der Waals surface area (Å²) in [6, 6.07) is 8.05. The van der Waals surface area contributed by atoms with Crippen molar-refractivity contribution in [2.75, 3.05) is 5.33 Å². The normalized spacial score (nSPS) is 13.6. The van der Waals surface area contributed by atoms with Crippen LogP contribution in [-0.2, 0) is 16.8 Å². The van der Waals surface area contributed by atoms with Crippen molar-refractivity contribution >= 4 is 21.9 Å². The van der Waals surface area contributed by atoms with Gasteiger partial charge >= 0.3 is 5.97 Å². The molecule has 0 aliphatic rings. The number of rotatable bonds is 5. The molecule has 2 aromatic carbocycles. The van der Waals surface area contributed by atoms with Crippen molar-refractivity contribution < 1.29 is 23.8 Å². The van der Waals surface area contributed by atoms with Gasteiger partial charge in [-0.2, -0.15) is 0 Å². The first-order valence-corrected chi connectivity index (χ1v) is 7.58. The number of aliphatic carboxylic acids is 1. The van der Waals surface area contributed by atoms with Gasteiger partial charge in [0.1, 0.15) is 11.6 Å². The lowest BCUT2D eigenvalue weighted by Gasteiger charge is -2.27. The molecule has 0 heterocycles. The summed E-state index contributed by atoms with van der Waals surface area (Å²) in [5.74, 6) is -2.58. The molecule has 1 atom stereocenters. The van der Waals surface area contributed by atoms with Crippen LogP contribution in [0.25, 0.3) is 0 Å². The van der Waals surface area contributed by atoms with Crippen LogP contribution in [0.15, 0.2) is 42.5 Å². The first-order valence-electron chi connectivity index (χ1n) is 6.46. The molecule has 0 aliphatic carbocycles. The molecule has 2 rings (SSSR count). The number of carbonyl (C=O) groups is 1. The van der Waals surface area contributed by atoms with E-state index < -0.39 is 23.2 Å². The lowest BCUT2D eigenvalue weighted by atomic mass is 9.83. The van der Waals surface area contributed by atoms with E-state index >= 15 is 0 Å². The van der Waals surface area contributed by atoms with Gasteiger partial charge in [-0.15, -0.1) is 0 Å². The van der Waals surface area contributed by atoms with Crippen molar-refractivity contribution in [3.8, 4) is 0 Å². The third-order valence-electron chi connectivity index (χ3n) is 3.39. The van der Waals surface area contributed by atoms with Crippen LogP contribution in [0.3, 0.4) is 0 Å². The summed E-state index contributed by atoms with van der Waals surface area (Å²) in [7, 11) is 0. The van der Waals surface area contributed by atoms with Gasteiger partial charge in [-0.1, -0.05) is 34.1 Å². The van der Waals surface area contributed by atoms with Crippen LogP contribution in [0.5, 0.6) is 0 Å². The largest absolute Gasteiger partial charge is 0.479 e. The molecule has 2 aromatic rings. The smallest absolute Gasteiger partial charge is 0.345 e. The number of hydrogen-bond acceptors (Lipinski definition) is 2. The fourth-order valence-corrected chi connectivity index (χ4v) is 2.74. The van der Waals surface area contributed by atoms with Crippen molar-refractivity contribution in [2.45, 2.75) is 12.0 Å². The van der Waals surface area contributed by atoms with Gasteiger partial charge < -0.3 is 10.2 Å². The van der Waals surface area contributed by atoms with Gasteiger partial charge in [0.05, 0.1) is 0 Å². The zero-order valence-corrected chi connectivity index (χ0v) is 13.0. The molecule has 0 radical (unpaired) electrons. The first kappa shape index (κ1) is 16.6. The Kier molecular flexibility index (Phi) is 4.93. The molecule has 0 fully saturated rings. The summed E-state index contributed by atoms with van der Waals surface area (Å²) >= 11 is 3.21. The number of carboxylic acids is 1. The van der Waals surface area contributed by atoms with Gasteiger partial charge in [0.25, 0.3) is 0 Å². The van der Waals surface area contributed by atoms with Crippen LogP contribution >= 0.6 is 15.9 Å². The van der Waals surface area contributed by atoms with Crippen molar-refractivity contribution in [1.82, 2.24) is 0 Å². The van der Waals surface area contributed by atoms with E-state index in [0.717, 1.165) is 18.2 Å². The van der Waals surface area contributed by atoms with Gasteiger partial charge in [-0.25, -0.2) is 13.6 Å². The Morgan fingerprint density at radius 3 is 2.23 bits per heavy atom. The predicted molar refractivity (Wildman–Crippen MR) is 80.9 cm³/mol. The Bertz CT molecular complexity index is 688. The SMILES string of the molecule is O=C(O)C(O)(c1ccc(F)cc1)c1ccc(F)cc1CCBr. The zero-order valence-electron chi connectivity index (χ0n) is 11.4. The van der Waals surface area contributed by atoms with Crippen LogP contribution in [0.2, 0.25) is 0 Å². The maximum Gasteiger partial charge on any atom is 0.345 e. The van der Waals surface area contributed by atoms with Crippen LogP contribution in [-0.4, -0.2) is 21.5 Å². The summed E-state index contributed by atoms with van der Waals surface area (Å²) in [6.07, 6.45) is 0.337.